The number of nitrogens with zero attached hydrogens (tertiary/aromatic N) is 1. The van der Waals surface area contributed by atoms with E-state index in [9.17, 15) is 14.7 Å². The largest absolute Gasteiger partial charge is 0.508 e. The van der Waals surface area contributed by atoms with Crippen LogP contribution >= 0.6 is 11.6 Å². The summed E-state index contributed by atoms with van der Waals surface area (Å²) in [5.41, 5.74) is 2.41. The fraction of sp³-hybridized carbons (Fsp3) is 0.167. The average molecular weight is 359 g/mol. The molecule has 1 atom stereocenters. The predicted octanol–water partition coefficient (Wildman–Crippen LogP) is 3.07. The molecular weight excluding hydrogens is 344 g/mol. The molecule has 0 spiro atoms. The van der Waals surface area contributed by atoms with Crippen molar-refractivity contribution in [3.63, 3.8) is 0 Å². The van der Waals surface area contributed by atoms with Crippen LogP contribution in [0.1, 0.15) is 24.0 Å². The number of rotatable bonds is 4. The maximum absolute atomic E-state index is 12.4. The lowest BCUT2D eigenvalue weighted by Gasteiger charge is -2.10. The summed E-state index contributed by atoms with van der Waals surface area (Å²) in [5, 5.41) is 21.7. The lowest BCUT2D eigenvalue weighted by atomic mass is 10.0. The molecule has 1 unspecified atom stereocenters. The minimum Gasteiger partial charge on any atom is -0.508 e. The van der Waals surface area contributed by atoms with Crippen LogP contribution in [0, 0.1) is 0 Å². The highest BCUT2D eigenvalue weighted by Crippen LogP contribution is 2.28. The van der Waals surface area contributed by atoms with E-state index in [0.29, 0.717) is 27.5 Å². The molecule has 0 aliphatic carbocycles. The van der Waals surface area contributed by atoms with Gasteiger partial charge in [0.1, 0.15) is 11.8 Å². The van der Waals surface area contributed by atoms with Gasteiger partial charge in [0.05, 0.1) is 11.4 Å². The van der Waals surface area contributed by atoms with Gasteiger partial charge in [-0.3, -0.25) is 14.6 Å². The zero-order chi connectivity index (χ0) is 18.0. The van der Waals surface area contributed by atoms with Crippen LogP contribution in [-0.2, 0) is 9.59 Å². The van der Waals surface area contributed by atoms with E-state index in [2.05, 4.69) is 10.3 Å². The molecule has 0 aromatic heterocycles. The quantitative estimate of drug-likeness (QED) is 0.782. The van der Waals surface area contributed by atoms with Crippen LogP contribution in [-0.4, -0.2) is 33.8 Å². The van der Waals surface area contributed by atoms with Gasteiger partial charge in [-0.15, -0.1) is 0 Å². The summed E-state index contributed by atoms with van der Waals surface area (Å²) in [4.78, 5) is 27.8. The van der Waals surface area contributed by atoms with Gasteiger partial charge in [0.15, 0.2) is 0 Å². The number of aliphatic imine (C=N–C) groups is 1. The Labute approximate surface area is 148 Å². The molecule has 3 rings (SSSR count). The van der Waals surface area contributed by atoms with Crippen LogP contribution < -0.4 is 5.32 Å². The molecular formula is C18H15ClN2O4. The van der Waals surface area contributed by atoms with E-state index in [1.165, 1.54) is 12.1 Å². The van der Waals surface area contributed by atoms with Crippen molar-refractivity contribution in [2.45, 2.75) is 18.9 Å². The van der Waals surface area contributed by atoms with Crippen LogP contribution in [0.4, 0.5) is 5.69 Å². The van der Waals surface area contributed by atoms with Crippen molar-refractivity contribution in [3.8, 4) is 5.75 Å². The second-order valence-corrected chi connectivity index (χ2v) is 6.09. The fourth-order valence-corrected chi connectivity index (χ4v) is 2.80. The van der Waals surface area contributed by atoms with E-state index >= 15 is 0 Å². The second-order valence-electron chi connectivity index (χ2n) is 5.65. The first kappa shape index (κ1) is 17.0. The first-order valence-corrected chi connectivity index (χ1v) is 8.01. The van der Waals surface area contributed by atoms with Crippen LogP contribution in [0.15, 0.2) is 47.5 Å². The van der Waals surface area contributed by atoms with Gasteiger partial charge >= 0.3 is 5.97 Å². The summed E-state index contributed by atoms with van der Waals surface area (Å²) in [6.07, 6.45) is -0.0774. The minimum absolute atomic E-state index is 0.0878. The maximum atomic E-state index is 12.4. The van der Waals surface area contributed by atoms with Crippen LogP contribution in [0.25, 0.3) is 0 Å². The molecule has 1 heterocycles. The zero-order valence-electron chi connectivity index (χ0n) is 13.1. The molecule has 0 saturated carbocycles. The number of nitrogens with one attached hydrogen (secondary N) is 1. The zero-order valence-corrected chi connectivity index (χ0v) is 13.8. The van der Waals surface area contributed by atoms with Gasteiger partial charge in [-0.1, -0.05) is 11.6 Å². The molecule has 0 fully saturated rings. The standard InChI is InChI=1S/C18H15ClN2O4/c19-11-3-6-14-13(9-11)17(10-1-4-12(22)5-2-10)20-15(18(25)21-14)7-8-16(23)24/h1-6,9,15,22H,7-8H2,(H,21,25)(H,23,24). The third kappa shape index (κ3) is 3.80. The number of halogens is 1. The molecule has 2 aromatic rings. The van der Waals surface area contributed by atoms with Crippen molar-refractivity contribution in [2.75, 3.05) is 5.32 Å². The second kappa shape index (κ2) is 6.94. The molecule has 0 radical (unpaired) electrons. The highest BCUT2D eigenvalue weighted by atomic mass is 35.5. The third-order valence-electron chi connectivity index (χ3n) is 3.85. The van der Waals surface area contributed by atoms with Gasteiger partial charge in [0.2, 0.25) is 5.91 Å². The Morgan fingerprint density at radius 1 is 1.20 bits per heavy atom. The summed E-state index contributed by atoms with van der Waals surface area (Å²) >= 11 is 6.10. The van der Waals surface area contributed by atoms with Crippen molar-refractivity contribution in [3.05, 3.63) is 58.6 Å². The molecule has 7 heteroatoms. The van der Waals surface area contributed by atoms with E-state index in [4.69, 9.17) is 16.7 Å². The number of hydrogen-bond acceptors (Lipinski definition) is 4. The highest BCUT2D eigenvalue weighted by Gasteiger charge is 2.26. The number of amides is 1. The highest BCUT2D eigenvalue weighted by molar-refractivity contribution is 6.32. The molecule has 1 aliphatic rings. The SMILES string of the molecule is O=C(O)CCC1N=C(c2ccc(O)cc2)c2cc(Cl)ccc2NC1=O. The average Bonchev–Trinajstić information content (AvgIpc) is 2.70. The Bertz CT molecular complexity index is 862. The summed E-state index contributed by atoms with van der Waals surface area (Å²) in [7, 11) is 0. The molecule has 0 saturated heterocycles. The van der Waals surface area contributed by atoms with E-state index in [-0.39, 0.29) is 24.5 Å². The molecule has 3 N–H and O–H groups in total. The number of benzodiazepines with no additional fused rings is 1. The van der Waals surface area contributed by atoms with Crippen molar-refractivity contribution in [1.29, 1.82) is 0 Å². The lowest BCUT2D eigenvalue weighted by Crippen LogP contribution is -2.26. The van der Waals surface area contributed by atoms with Crippen molar-refractivity contribution < 1.29 is 19.8 Å². The molecule has 6 nitrogen and oxygen atoms in total. The molecule has 1 amide bonds. The number of carboxylic acids is 1. The van der Waals surface area contributed by atoms with Gasteiger partial charge in [0.25, 0.3) is 0 Å². The van der Waals surface area contributed by atoms with Crippen molar-refractivity contribution in [2.24, 2.45) is 4.99 Å². The van der Waals surface area contributed by atoms with E-state index in [1.807, 2.05) is 0 Å². The monoisotopic (exact) mass is 358 g/mol. The number of carboxylic acid groups (broad SMARTS) is 1. The number of anilines is 1. The van der Waals surface area contributed by atoms with Crippen LogP contribution in [0.3, 0.4) is 0 Å². The van der Waals surface area contributed by atoms with E-state index in [1.54, 1.807) is 30.3 Å². The number of aromatic hydroxyl groups is 1. The maximum Gasteiger partial charge on any atom is 0.303 e. The van der Waals surface area contributed by atoms with Crippen molar-refractivity contribution >= 4 is 34.9 Å². The Hall–Kier alpha value is -2.86. The lowest BCUT2D eigenvalue weighted by molar-refractivity contribution is -0.137. The summed E-state index contributed by atoms with van der Waals surface area (Å²) in [6, 6.07) is 10.6. The fourth-order valence-electron chi connectivity index (χ4n) is 2.63. The van der Waals surface area contributed by atoms with Crippen LogP contribution in [0.5, 0.6) is 5.75 Å². The third-order valence-corrected chi connectivity index (χ3v) is 4.09. The molecule has 25 heavy (non-hydrogen) atoms. The van der Waals surface area contributed by atoms with Crippen LogP contribution in [0.2, 0.25) is 5.02 Å². The Balaban J connectivity index is 2.11. The van der Waals surface area contributed by atoms with E-state index < -0.39 is 12.0 Å². The number of phenolic OH excluding ortho intramolecular Hbond substituents is 1. The van der Waals surface area contributed by atoms with Gasteiger partial charge in [-0.25, -0.2) is 0 Å². The number of hydrogen-bond donors (Lipinski definition) is 3. The number of phenols is 1. The van der Waals surface area contributed by atoms with Gasteiger partial charge in [-0.05, 0) is 48.9 Å². The predicted molar refractivity (Wildman–Crippen MR) is 94.5 cm³/mol. The molecule has 2 aromatic carbocycles. The Morgan fingerprint density at radius 2 is 1.92 bits per heavy atom. The Kier molecular flexibility index (Phi) is 4.72. The summed E-state index contributed by atoms with van der Waals surface area (Å²) in [6.45, 7) is 0. The van der Waals surface area contributed by atoms with E-state index in [0.717, 1.165) is 0 Å². The van der Waals surface area contributed by atoms with Crippen molar-refractivity contribution in [1.82, 2.24) is 0 Å². The topological polar surface area (TPSA) is 99.0 Å². The Morgan fingerprint density at radius 3 is 2.60 bits per heavy atom. The number of aliphatic carboxylic acids is 1. The minimum atomic E-state index is -0.987. The number of carbonyl (C=O) groups is 2. The number of carbonyl (C=O) groups excluding carboxylic acids is 1. The number of benzene rings is 2. The smallest absolute Gasteiger partial charge is 0.303 e. The van der Waals surface area contributed by atoms with Gasteiger partial charge < -0.3 is 15.5 Å². The first-order valence-electron chi connectivity index (χ1n) is 7.64. The molecule has 0 bridgehead atoms. The first-order chi connectivity index (χ1) is 11.9. The van der Waals surface area contributed by atoms with Gasteiger partial charge in [0, 0.05) is 22.6 Å². The summed E-state index contributed by atoms with van der Waals surface area (Å²) < 4.78 is 0. The molecule has 1 aliphatic heterocycles. The molecule has 128 valence electrons. The summed E-state index contributed by atoms with van der Waals surface area (Å²) in [5.74, 6) is -1.24. The number of fused-ring (bicyclic) bond motifs is 1. The van der Waals surface area contributed by atoms with Gasteiger partial charge in [-0.2, -0.15) is 0 Å². The normalized spacial score (nSPS) is 16.4.